The van der Waals surface area contributed by atoms with Gasteiger partial charge in [-0.2, -0.15) is 0 Å². The molecule has 0 amide bonds. The lowest BCUT2D eigenvalue weighted by atomic mass is 10.1. The minimum Gasteiger partial charge on any atom is -0.497 e. The fourth-order valence-corrected chi connectivity index (χ4v) is 2.22. The smallest absolute Gasteiger partial charge is 0.121 e. The van der Waals surface area contributed by atoms with Crippen LogP contribution in [0.15, 0.2) is 18.2 Å². The molecule has 1 heterocycles. The first-order valence-corrected chi connectivity index (χ1v) is 6.34. The standard InChI is InChI=1S/C14H21N3O/c1-9(2)17-13-6-5-11(18-4)7-12(13)16-14(17)10(3)8-15/h5-7,9-10H,8,15H2,1-4H3. The van der Waals surface area contributed by atoms with E-state index in [1.807, 2.05) is 12.1 Å². The monoisotopic (exact) mass is 247 g/mol. The Morgan fingerprint density at radius 2 is 2.06 bits per heavy atom. The zero-order valence-corrected chi connectivity index (χ0v) is 11.5. The third kappa shape index (κ3) is 2.08. The van der Waals surface area contributed by atoms with Gasteiger partial charge in [-0.25, -0.2) is 4.98 Å². The number of rotatable bonds is 4. The topological polar surface area (TPSA) is 53.1 Å². The molecule has 2 rings (SSSR count). The van der Waals surface area contributed by atoms with Gasteiger partial charge in [-0.3, -0.25) is 0 Å². The molecular weight excluding hydrogens is 226 g/mol. The molecule has 0 radical (unpaired) electrons. The van der Waals surface area contributed by atoms with Gasteiger partial charge in [0.1, 0.15) is 11.6 Å². The van der Waals surface area contributed by atoms with Crippen molar-refractivity contribution in [1.29, 1.82) is 0 Å². The van der Waals surface area contributed by atoms with Crippen molar-refractivity contribution in [2.45, 2.75) is 32.7 Å². The van der Waals surface area contributed by atoms with Crippen LogP contribution in [0, 0.1) is 0 Å². The van der Waals surface area contributed by atoms with Crippen molar-refractivity contribution in [2.75, 3.05) is 13.7 Å². The normalized spacial score (nSPS) is 13.2. The number of methoxy groups -OCH3 is 1. The maximum absolute atomic E-state index is 5.77. The number of fused-ring (bicyclic) bond motifs is 1. The van der Waals surface area contributed by atoms with Crippen LogP contribution in [0.4, 0.5) is 0 Å². The summed E-state index contributed by atoms with van der Waals surface area (Å²) in [6.45, 7) is 7.04. The van der Waals surface area contributed by atoms with E-state index in [0.717, 1.165) is 22.6 Å². The van der Waals surface area contributed by atoms with Crippen LogP contribution < -0.4 is 10.5 Å². The summed E-state index contributed by atoms with van der Waals surface area (Å²) in [7, 11) is 1.67. The van der Waals surface area contributed by atoms with Gasteiger partial charge in [0.2, 0.25) is 0 Å². The van der Waals surface area contributed by atoms with E-state index in [1.54, 1.807) is 7.11 Å². The summed E-state index contributed by atoms with van der Waals surface area (Å²) < 4.78 is 7.50. The van der Waals surface area contributed by atoms with Crippen molar-refractivity contribution in [3.05, 3.63) is 24.0 Å². The van der Waals surface area contributed by atoms with Gasteiger partial charge in [0, 0.05) is 24.6 Å². The Balaban J connectivity index is 2.66. The minimum absolute atomic E-state index is 0.255. The van der Waals surface area contributed by atoms with Gasteiger partial charge in [0.15, 0.2) is 0 Å². The average molecular weight is 247 g/mol. The Kier molecular flexibility index (Phi) is 3.57. The van der Waals surface area contributed by atoms with Crippen LogP contribution in [-0.2, 0) is 0 Å². The molecule has 0 aliphatic heterocycles. The highest BCUT2D eigenvalue weighted by Gasteiger charge is 2.17. The first kappa shape index (κ1) is 12.9. The Bertz CT molecular complexity index is 545. The second-order valence-electron chi connectivity index (χ2n) is 4.93. The van der Waals surface area contributed by atoms with Gasteiger partial charge < -0.3 is 15.0 Å². The molecule has 1 atom stereocenters. The fourth-order valence-electron chi connectivity index (χ4n) is 2.22. The van der Waals surface area contributed by atoms with E-state index in [-0.39, 0.29) is 5.92 Å². The summed E-state index contributed by atoms with van der Waals surface area (Å²) >= 11 is 0. The molecule has 0 bridgehead atoms. The number of ether oxygens (including phenoxy) is 1. The van der Waals surface area contributed by atoms with Crippen LogP contribution in [0.1, 0.15) is 38.6 Å². The predicted octanol–water partition coefficient (Wildman–Crippen LogP) is 2.69. The highest BCUT2D eigenvalue weighted by atomic mass is 16.5. The molecule has 98 valence electrons. The average Bonchev–Trinajstić information content (AvgIpc) is 2.75. The molecule has 0 saturated carbocycles. The molecule has 0 saturated heterocycles. The summed E-state index contributed by atoms with van der Waals surface area (Å²) in [6, 6.07) is 6.38. The number of imidazole rings is 1. The summed E-state index contributed by atoms with van der Waals surface area (Å²) in [5.41, 5.74) is 7.88. The number of nitrogens with two attached hydrogens (primary N) is 1. The predicted molar refractivity (Wildman–Crippen MR) is 74.1 cm³/mol. The number of nitrogens with zero attached hydrogens (tertiary/aromatic N) is 2. The van der Waals surface area contributed by atoms with Crippen LogP contribution in [-0.4, -0.2) is 23.2 Å². The zero-order valence-electron chi connectivity index (χ0n) is 11.5. The maximum atomic E-state index is 5.77. The van der Waals surface area contributed by atoms with Crippen molar-refractivity contribution >= 4 is 11.0 Å². The van der Waals surface area contributed by atoms with E-state index >= 15 is 0 Å². The fraction of sp³-hybridized carbons (Fsp3) is 0.500. The van der Waals surface area contributed by atoms with Crippen LogP contribution in [0.3, 0.4) is 0 Å². The van der Waals surface area contributed by atoms with Gasteiger partial charge in [-0.05, 0) is 26.0 Å². The number of benzene rings is 1. The van der Waals surface area contributed by atoms with Crippen LogP contribution in [0.25, 0.3) is 11.0 Å². The van der Waals surface area contributed by atoms with Crippen molar-refractivity contribution in [3.63, 3.8) is 0 Å². The molecule has 0 fully saturated rings. The molecule has 1 aromatic heterocycles. The number of aromatic nitrogens is 2. The van der Waals surface area contributed by atoms with Crippen LogP contribution in [0.2, 0.25) is 0 Å². The minimum atomic E-state index is 0.255. The molecule has 4 heteroatoms. The molecule has 0 aliphatic carbocycles. The van der Waals surface area contributed by atoms with E-state index in [2.05, 4.69) is 31.4 Å². The van der Waals surface area contributed by atoms with Crippen molar-refractivity contribution in [3.8, 4) is 5.75 Å². The van der Waals surface area contributed by atoms with Gasteiger partial charge in [-0.1, -0.05) is 6.92 Å². The molecule has 0 aliphatic rings. The number of hydrogen-bond donors (Lipinski definition) is 1. The van der Waals surface area contributed by atoms with Crippen molar-refractivity contribution < 1.29 is 4.74 Å². The Hall–Kier alpha value is -1.55. The highest BCUT2D eigenvalue weighted by molar-refractivity contribution is 5.78. The second kappa shape index (κ2) is 4.98. The Labute approximate surface area is 108 Å². The Morgan fingerprint density at radius 1 is 1.33 bits per heavy atom. The molecule has 18 heavy (non-hydrogen) atoms. The van der Waals surface area contributed by atoms with E-state index in [9.17, 15) is 0 Å². The Morgan fingerprint density at radius 3 is 2.61 bits per heavy atom. The molecule has 0 spiro atoms. The molecule has 4 nitrogen and oxygen atoms in total. The molecule has 2 aromatic rings. The lowest BCUT2D eigenvalue weighted by molar-refractivity contribution is 0.415. The van der Waals surface area contributed by atoms with E-state index in [0.29, 0.717) is 12.6 Å². The maximum Gasteiger partial charge on any atom is 0.121 e. The quantitative estimate of drug-likeness (QED) is 0.903. The summed E-state index contributed by atoms with van der Waals surface area (Å²) in [5, 5.41) is 0. The lowest BCUT2D eigenvalue weighted by Crippen LogP contribution is -2.16. The molecule has 1 unspecified atom stereocenters. The van der Waals surface area contributed by atoms with Crippen LogP contribution >= 0.6 is 0 Å². The third-order valence-corrected chi connectivity index (χ3v) is 3.23. The summed E-state index contributed by atoms with van der Waals surface area (Å²) in [6.07, 6.45) is 0. The first-order valence-electron chi connectivity index (χ1n) is 6.34. The molecular formula is C14H21N3O. The van der Waals surface area contributed by atoms with E-state index < -0.39 is 0 Å². The van der Waals surface area contributed by atoms with E-state index in [4.69, 9.17) is 15.5 Å². The second-order valence-corrected chi connectivity index (χ2v) is 4.93. The van der Waals surface area contributed by atoms with Gasteiger partial charge in [0.25, 0.3) is 0 Å². The van der Waals surface area contributed by atoms with E-state index in [1.165, 1.54) is 0 Å². The zero-order chi connectivity index (χ0) is 13.3. The van der Waals surface area contributed by atoms with Crippen LogP contribution in [0.5, 0.6) is 5.75 Å². The first-order chi connectivity index (χ1) is 8.58. The van der Waals surface area contributed by atoms with Crippen molar-refractivity contribution in [2.24, 2.45) is 5.73 Å². The summed E-state index contributed by atoms with van der Waals surface area (Å²) in [4.78, 5) is 4.72. The van der Waals surface area contributed by atoms with Gasteiger partial charge in [0.05, 0.1) is 18.1 Å². The SMILES string of the molecule is COc1ccc2c(c1)nc(C(C)CN)n2C(C)C. The van der Waals surface area contributed by atoms with Gasteiger partial charge >= 0.3 is 0 Å². The summed E-state index contributed by atoms with van der Waals surface area (Å²) in [5.74, 6) is 2.14. The van der Waals surface area contributed by atoms with Crippen molar-refractivity contribution in [1.82, 2.24) is 9.55 Å². The lowest BCUT2D eigenvalue weighted by Gasteiger charge is -2.16. The largest absolute Gasteiger partial charge is 0.497 e. The third-order valence-electron chi connectivity index (χ3n) is 3.23. The molecule has 2 N–H and O–H groups in total. The number of hydrogen-bond acceptors (Lipinski definition) is 3. The highest BCUT2D eigenvalue weighted by Crippen LogP contribution is 2.28. The molecule has 1 aromatic carbocycles. The van der Waals surface area contributed by atoms with Gasteiger partial charge in [-0.15, -0.1) is 0 Å².